The van der Waals surface area contributed by atoms with Gasteiger partial charge in [-0.2, -0.15) is 0 Å². The van der Waals surface area contributed by atoms with Crippen LogP contribution in [0, 0.1) is 11.7 Å². The number of carbonyl (C=O) groups is 2. The molecule has 1 aliphatic carbocycles. The molecule has 3 aromatic rings. The van der Waals surface area contributed by atoms with Gasteiger partial charge in [-0.1, -0.05) is 69.0 Å². The average Bonchev–Trinajstić information content (AvgIpc) is 3.34. The van der Waals surface area contributed by atoms with Crippen LogP contribution in [-0.4, -0.2) is 45.3 Å². The molecule has 38 heavy (non-hydrogen) atoms. The molecule has 5 nitrogen and oxygen atoms in total. The number of amides is 2. The summed E-state index contributed by atoms with van der Waals surface area (Å²) in [4.78, 5) is 30.8. The van der Waals surface area contributed by atoms with E-state index in [2.05, 4.69) is 4.57 Å². The van der Waals surface area contributed by atoms with E-state index in [-0.39, 0.29) is 35.9 Å². The summed E-state index contributed by atoms with van der Waals surface area (Å²) >= 11 is 6.42. The van der Waals surface area contributed by atoms with E-state index in [4.69, 9.17) is 11.6 Å². The second-order valence-electron chi connectivity index (χ2n) is 10.6. The summed E-state index contributed by atoms with van der Waals surface area (Å²) in [6.45, 7) is 5.49. The summed E-state index contributed by atoms with van der Waals surface area (Å²) in [7, 11) is 0. The van der Waals surface area contributed by atoms with Gasteiger partial charge in [0.15, 0.2) is 0 Å². The number of carbonyl (C=O) groups excluding carboxylic acids is 2. The number of halogens is 2. The molecule has 0 bridgehead atoms. The zero-order chi connectivity index (χ0) is 27.1. The predicted molar refractivity (Wildman–Crippen MR) is 150 cm³/mol. The van der Waals surface area contributed by atoms with Gasteiger partial charge in [0, 0.05) is 41.6 Å². The van der Waals surface area contributed by atoms with Crippen LogP contribution in [0.25, 0.3) is 0 Å². The molecule has 0 unspecified atom stereocenters. The minimum atomic E-state index is -0.463. The Morgan fingerprint density at radius 2 is 1.79 bits per heavy atom. The second kappa shape index (κ2) is 13.1. The van der Waals surface area contributed by atoms with Gasteiger partial charge in [0.1, 0.15) is 12.4 Å². The Morgan fingerprint density at radius 3 is 2.50 bits per heavy atom. The number of rotatable bonds is 10. The van der Waals surface area contributed by atoms with Crippen molar-refractivity contribution in [2.24, 2.45) is 5.92 Å². The highest BCUT2D eigenvalue weighted by molar-refractivity contribution is 6.31. The number of hydrogen-bond donors (Lipinski definition) is 0. The number of aromatic nitrogens is 1. The van der Waals surface area contributed by atoms with Gasteiger partial charge in [0.05, 0.1) is 6.54 Å². The standard InChI is InChI=1S/C31H37ClFN3O2/c1-23(2)19-35(31(38)24-11-8-12-26(33)18-24)22-30(37)36(27-13-4-3-5-14-27)21-28-15-9-17-34(28)20-25-10-6-7-16-29(25)32/h6-12,15-18,23,27H,3-5,13-14,19-22H2,1-2H3. The van der Waals surface area contributed by atoms with Crippen LogP contribution in [0.15, 0.2) is 66.9 Å². The molecule has 7 heteroatoms. The molecular weight excluding hydrogens is 501 g/mol. The van der Waals surface area contributed by atoms with E-state index in [1.54, 1.807) is 11.0 Å². The maximum atomic E-state index is 13.9. The number of hydrogen-bond acceptors (Lipinski definition) is 2. The average molecular weight is 538 g/mol. The minimum absolute atomic E-state index is 0.0325. The van der Waals surface area contributed by atoms with Crippen molar-refractivity contribution >= 4 is 23.4 Å². The number of nitrogens with zero attached hydrogens (tertiary/aromatic N) is 3. The van der Waals surface area contributed by atoms with E-state index in [0.717, 1.165) is 36.9 Å². The van der Waals surface area contributed by atoms with E-state index in [9.17, 15) is 14.0 Å². The molecule has 1 aliphatic rings. The van der Waals surface area contributed by atoms with Gasteiger partial charge < -0.3 is 14.4 Å². The van der Waals surface area contributed by atoms with Gasteiger partial charge in [-0.15, -0.1) is 0 Å². The first-order valence-corrected chi connectivity index (χ1v) is 13.9. The van der Waals surface area contributed by atoms with Crippen molar-refractivity contribution in [1.82, 2.24) is 14.4 Å². The molecule has 0 aliphatic heterocycles. The van der Waals surface area contributed by atoms with Gasteiger partial charge in [-0.25, -0.2) is 4.39 Å². The lowest BCUT2D eigenvalue weighted by molar-refractivity contribution is -0.135. The normalized spacial score (nSPS) is 14.0. The third-order valence-corrected chi connectivity index (χ3v) is 7.53. The molecule has 202 valence electrons. The lowest BCUT2D eigenvalue weighted by Crippen LogP contribution is -2.48. The van der Waals surface area contributed by atoms with Crippen molar-refractivity contribution in [2.45, 2.75) is 65.1 Å². The Morgan fingerprint density at radius 1 is 1.03 bits per heavy atom. The van der Waals surface area contributed by atoms with Crippen LogP contribution < -0.4 is 0 Å². The Kier molecular flexibility index (Phi) is 9.62. The molecule has 0 saturated heterocycles. The SMILES string of the molecule is CC(C)CN(CC(=O)N(Cc1cccn1Cc1ccccc1Cl)C1CCCCC1)C(=O)c1cccc(F)c1. The van der Waals surface area contributed by atoms with Gasteiger partial charge in [0.25, 0.3) is 5.91 Å². The molecule has 1 saturated carbocycles. The van der Waals surface area contributed by atoms with Crippen LogP contribution >= 0.6 is 11.6 Å². The fourth-order valence-electron chi connectivity index (χ4n) is 5.26. The third kappa shape index (κ3) is 7.25. The largest absolute Gasteiger partial charge is 0.345 e. The highest BCUT2D eigenvalue weighted by Gasteiger charge is 2.29. The fraction of sp³-hybridized carbons (Fsp3) is 0.419. The molecule has 1 fully saturated rings. The van der Waals surface area contributed by atoms with Crippen LogP contribution in [0.3, 0.4) is 0 Å². The molecule has 0 spiro atoms. The summed E-state index contributed by atoms with van der Waals surface area (Å²) in [5.41, 5.74) is 2.30. The van der Waals surface area contributed by atoms with Gasteiger partial charge in [-0.3, -0.25) is 9.59 Å². The van der Waals surface area contributed by atoms with Gasteiger partial charge in [0.2, 0.25) is 5.91 Å². The van der Waals surface area contributed by atoms with Crippen LogP contribution in [0.5, 0.6) is 0 Å². The van der Waals surface area contributed by atoms with E-state index in [1.807, 2.05) is 61.3 Å². The van der Waals surface area contributed by atoms with Crippen LogP contribution in [0.1, 0.15) is 67.6 Å². The lowest BCUT2D eigenvalue weighted by atomic mass is 9.94. The van der Waals surface area contributed by atoms with Gasteiger partial charge in [-0.05, 0) is 60.7 Å². The highest BCUT2D eigenvalue weighted by Crippen LogP contribution is 2.26. The summed E-state index contributed by atoms with van der Waals surface area (Å²) in [6, 6.07) is 17.6. The topological polar surface area (TPSA) is 45.6 Å². The summed E-state index contributed by atoms with van der Waals surface area (Å²) in [5.74, 6) is -0.698. The van der Waals surface area contributed by atoms with Crippen LogP contribution in [0.2, 0.25) is 5.02 Å². The van der Waals surface area contributed by atoms with Crippen molar-refractivity contribution in [3.8, 4) is 0 Å². The fourth-order valence-corrected chi connectivity index (χ4v) is 5.46. The highest BCUT2D eigenvalue weighted by atomic mass is 35.5. The Labute approximate surface area is 230 Å². The molecule has 1 aromatic heterocycles. The van der Waals surface area contributed by atoms with Gasteiger partial charge >= 0.3 is 0 Å². The Hall–Kier alpha value is -3.12. The number of benzene rings is 2. The predicted octanol–water partition coefficient (Wildman–Crippen LogP) is 6.79. The smallest absolute Gasteiger partial charge is 0.254 e. The van der Waals surface area contributed by atoms with Crippen molar-refractivity contribution in [2.75, 3.05) is 13.1 Å². The molecule has 2 aromatic carbocycles. The van der Waals surface area contributed by atoms with Crippen molar-refractivity contribution < 1.29 is 14.0 Å². The monoisotopic (exact) mass is 537 g/mol. The quantitative estimate of drug-likeness (QED) is 0.286. The molecule has 1 heterocycles. The Balaban J connectivity index is 1.57. The zero-order valence-electron chi connectivity index (χ0n) is 22.3. The first kappa shape index (κ1) is 27.9. The molecule has 0 radical (unpaired) electrons. The first-order valence-electron chi connectivity index (χ1n) is 13.5. The van der Waals surface area contributed by atoms with E-state index < -0.39 is 5.82 Å². The third-order valence-electron chi connectivity index (χ3n) is 7.16. The van der Waals surface area contributed by atoms with Crippen LogP contribution in [-0.2, 0) is 17.9 Å². The molecule has 0 N–H and O–H groups in total. The maximum Gasteiger partial charge on any atom is 0.254 e. The summed E-state index contributed by atoms with van der Waals surface area (Å²) < 4.78 is 16.0. The molecular formula is C31H37ClFN3O2. The van der Waals surface area contributed by atoms with E-state index in [0.29, 0.717) is 24.7 Å². The molecule has 4 rings (SSSR count). The van der Waals surface area contributed by atoms with Crippen LogP contribution in [0.4, 0.5) is 4.39 Å². The first-order chi connectivity index (χ1) is 18.3. The summed E-state index contributed by atoms with van der Waals surface area (Å²) in [6.07, 6.45) is 7.29. The minimum Gasteiger partial charge on any atom is -0.345 e. The van der Waals surface area contributed by atoms with E-state index in [1.165, 1.54) is 24.6 Å². The van der Waals surface area contributed by atoms with Crippen molar-refractivity contribution in [3.63, 3.8) is 0 Å². The zero-order valence-corrected chi connectivity index (χ0v) is 23.0. The Bertz CT molecular complexity index is 1240. The van der Waals surface area contributed by atoms with Crippen molar-refractivity contribution in [1.29, 1.82) is 0 Å². The molecule has 2 amide bonds. The summed E-state index contributed by atoms with van der Waals surface area (Å²) in [5, 5.41) is 0.715. The maximum absolute atomic E-state index is 13.9. The molecule has 0 atom stereocenters. The second-order valence-corrected chi connectivity index (χ2v) is 11.0. The lowest BCUT2D eigenvalue weighted by Gasteiger charge is -2.36. The van der Waals surface area contributed by atoms with Crippen molar-refractivity contribution in [3.05, 3.63) is 94.5 Å². The van der Waals surface area contributed by atoms with E-state index >= 15 is 0 Å².